The minimum absolute atomic E-state index is 0. The fourth-order valence-electron chi connectivity index (χ4n) is 7.29. The molecule has 0 amide bonds. The van der Waals surface area contributed by atoms with Crippen molar-refractivity contribution in [3.8, 4) is 0 Å². The van der Waals surface area contributed by atoms with E-state index in [9.17, 15) is 19.5 Å². The third-order valence-corrected chi connectivity index (χ3v) is 9.78. The van der Waals surface area contributed by atoms with Crippen molar-refractivity contribution in [1.29, 1.82) is 0 Å². The van der Waals surface area contributed by atoms with Gasteiger partial charge in [0.25, 0.3) is 0 Å². The molecule has 10 heteroatoms. The smallest absolute Gasteiger partial charge is 0.681 e. The zero-order chi connectivity index (χ0) is 31.6. The standard InChI is InChI=1S/C35H38N4O5.Mg/c1-8-19-15(3)22-12-24-17(5)21(10-11-28(40)41)32(38-24)30-31(35(43)44-7)34(42)29-18(6)25(39-33(29)30)14-27-20(9-2)16(4)23(37-27)13-26(19)36-22;/h8,12-13,17,21,24,31H,1,9-11,14H2,2-7H3,(H3,38,39,40,41,42);/q-2;+2/p-2/b22-12-,26-13-;/t17-,21-,24?,31+;/m0./s1. The van der Waals surface area contributed by atoms with Gasteiger partial charge in [-0.25, -0.2) is 0 Å². The normalized spacial score (nSPS) is 24.6. The molecule has 1 unspecified atom stereocenters. The van der Waals surface area contributed by atoms with Crippen LogP contribution in [0.5, 0.6) is 0 Å². The summed E-state index contributed by atoms with van der Waals surface area (Å²) in [6, 6.07) is -0.367. The number of hydrogen-bond acceptors (Lipinski definition) is 4. The maximum absolute atomic E-state index is 14.0. The summed E-state index contributed by atoms with van der Waals surface area (Å²) in [5, 5.41) is 16.3. The number of aliphatic carboxylic acids is 1. The Labute approximate surface area is 278 Å². The molecule has 230 valence electrons. The first-order valence-electron chi connectivity index (χ1n) is 15.1. The van der Waals surface area contributed by atoms with Crippen LogP contribution in [-0.2, 0) is 27.2 Å². The molecule has 0 aromatic carbocycles. The summed E-state index contributed by atoms with van der Waals surface area (Å²) >= 11 is 0. The van der Waals surface area contributed by atoms with E-state index >= 15 is 0 Å². The SMILES string of the molecule is C=Cc1c(C)/c2[n-]/c1=C\c1[n-]c(c(CC)c1C)Cc1[n-]c3c(c1C)C(=O)[C@H](C(=O)OC)/C3=C1/[N-]C(\C=2)[C@@H](C)[C@@H]1CCC(=O)O.[Mg+2]. The van der Waals surface area contributed by atoms with Crippen molar-refractivity contribution < 1.29 is 24.2 Å². The van der Waals surface area contributed by atoms with Crippen molar-refractivity contribution in [3.05, 3.63) is 84.4 Å². The second kappa shape index (κ2) is 12.2. The average molecular weight is 617 g/mol. The third kappa shape index (κ3) is 5.12. The summed E-state index contributed by atoms with van der Waals surface area (Å²) in [4.78, 5) is 54.0. The molecule has 6 rings (SSSR count). The second-order valence-corrected chi connectivity index (χ2v) is 12.1. The number of ketones is 1. The van der Waals surface area contributed by atoms with Gasteiger partial charge in [-0.2, -0.15) is 17.1 Å². The number of carboxylic acid groups (broad SMARTS) is 1. The molecule has 1 N–H and O–H groups in total. The van der Waals surface area contributed by atoms with Crippen LogP contribution < -0.4 is 25.7 Å². The second-order valence-electron chi connectivity index (χ2n) is 12.1. The number of Topliss-reactive ketones (excluding diaryl/α,β-unsaturated/α-hetero) is 1. The molecule has 9 nitrogen and oxygen atoms in total. The maximum atomic E-state index is 14.0. The van der Waals surface area contributed by atoms with E-state index in [1.807, 2.05) is 39.0 Å². The van der Waals surface area contributed by atoms with Crippen LogP contribution in [0.3, 0.4) is 0 Å². The summed E-state index contributed by atoms with van der Waals surface area (Å²) in [7, 11) is 1.26. The summed E-state index contributed by atoms with van der Waals surface area (Å²) in [6.07, 6.45) is 7.26. The number of esters is 1. The average Bonchev–Trinajstić information content (AvgIpc) is 3.72. The molecule has 0 saturated carbocycles. The molecule has 45 heavy (non-hydrogen) atoms. The van der Waals surface area contributed by atoms with Gasteiger partial charge in [0.2, 0.25) is 0 Å². The van der Waals surface area contributed by atoms with Crippen molar-refractivity contribution >= 4 is 64.6 Å². The minimum atomic E-state index is -1.20. The van der Waals surface area contributed by atoms with Crippen LogP contribution in [0.2, 0.25) is 0 Å². The summed E-state index contributed by atoms with van der Waals surface area (Å²) in [5.74, 6) is -3.59. The van der Waals surface area contributed by atoms with E-state index < -0.39 is 17.9 Å². The van der Waals surface area contributed by atoms with Gasteiger partial charge in [0.05, 0.1) is 7.11 Å². The number of allylic oxidation sites excluding steroid dienone is 1. The molecule has 5 heterocycles. The number of carbonyl (C=O) groups is 3. The largest absolute Gasteiger partial charge is 2.00 e. The number of methoxy groups -OCH3 is 1. The van der Waals surface area contributed by atoms with E-state index in [0.29, 0.717) is 35.4 Å². The summed E-state index contributed by atoms with van der Waals surface area (Å²) < 4.78 is 5.13. The molecule has 0 radical (unpaired) electrons. The van der Waals surface area contributed by atoms with Crippen molar-refractivity contribution in [2.24, 2.45) is 17.8 Å². The first-order chi connectivity index (χ1) is 21.0. The monoisotopic (exact) mass is 616 g/mol. The predicted molar refractivity (Wildman–Crippen MR) is 172 cm³/mol. The third-order valence-electron chi connectivity index (χ3n) is 9.78. The zero-order valence-corrected chi connectivity index (χ0v) is 28.1. The number of aromatic nitrogens is 3. The quantitative estimate of drug-likeness (QED) is 0.253. The number of ether oxygens (including phenoxy) is 1. The van der Waals surface area contributed by atoms with E-state index in [4.69, 9.17) is 25.0 Å². The van der Waals surface area contributed by atoms with Crippen molar-refractivity contribution in [1.82, 2.24) is 15.0 Å². The summed E-state index contributed by atoms with van der Waals surface area (Å²) in [6.45, 7) is 14.1. The number of carbonyl (C=O) groups excluding carboxylic acids is 2. The fourth-order valence-corrected chi connectivity index (χ4v) is 7.29. The van der Waals surface area contributed by atoms with Crippen LogP contribution in [0.1, 0.15) is 87.6 Å². The molecular weight excluding hydrogens is 581 g/mol. The van der Waals surface area contributed by atoms with E-state index in [2.05, 4.69) is 20.4 Å². The number of hydrogen-bond donors (Lipinski definition) is 1. The molecule has 3 aromatic rings. The molecule has 1 fully saturated rings. The van der Waals surface area contributed by atoms with E-state index in [-0.39, 0.29) is 53.1 Å². The van der Waals surface area contributed by atoms with Crippen LogP contribution in [-0.4, -0.2) is 59.0 Å². The molecule has 4 atom stereocenters. The molecule has 1 aliphatic carbocycles. The topological polar surface area (TPSA) is 137 Å². The Morgan fingerprint density at radius 2 is 1.82 bits per heavy atom. The molecule has 0 spiro atoms. The van der Waals surface area contributed by atoms with Gasteiger partial charge in [0.1, 0.15) is 5.92 Å². The van der Waals surface area contributed by atoms with Gasteiger partial charge < -0.3 is 30.1 Å². The van der Waals surface area contributed by atoms with E-state index in [1.165, 1.54) is 7.11 Å². The van der Waals surface area contributed by atoms with Gasteiger partial charge in [0.15, 0.2) is 5.78 Å². The maximum Gasteiger partial charge on any atom is 2.00 e. The van der Waals surface area contributed by atoms with Gasteiger partial charge in [-0.3, -0.25) is 14.4 Å². The first kappa shape index (κ1) is 32.6. The van der Waals surface area contributed by atoms with E-state index in [1.54, 1.807) is 0 Å². The Bertz CT molecular complexity index is 1910. The number of nitrogens with zero attached hydrogens (tertiary/aromatic N) is 4. The summed E-state index contributed by atoms with van der Waals surface area (Å²) in [5.41, 5.74) is 9.12. The van der Waals surface area contributed by atoms with Crippen LogP contribution >= 0.6 is 0 Å². The van der Waals surface area contributed by atoms with Crippen LogP contribution in [0.15, 0.2) is 12.3 Å². The van der Waals surface area contributed by atoms with Crippen molar-refractivity contribution in [2.45, 2.75) is 66.3 Å². The molecule has 2 aliphatic heterocycles. The van der Waals surface area contributed by atoms with Crippen LogP contribution in [0, 0.1) is 38.5 Å². The number of carboxylic acids is 1. The number of rotatable bonds is 6. The van der Waals surface area contributed by atoms with Gasteiger partial charge in [-0.1, -0.05) is 66.4 Å². The minimum Gasteiger partial charge on any atom is -0.681 e. The molecule has 3 aromatic heterocycles. The Hall–Kier alpha value is -3.76. The first-order valence-corrected chi connectivity index (χ1v) is 15.1. The Morgan fingerprint density at radius 3 is 2.47 bits per heavy atom. The van der Waals surface area contributed by atoms with Gasteiger partial charge in [-0.05, 0) is 57.4 Å². The van der Waals surface area contributed by atoms with Crippen molar-refractivity contribution in [2.75, 3.05) is 7.11 Å². The molecule has 8 bridgehead atoms. The van der Waals surface area contributed by atoms with Crippen LogP contribution in [0.25, 0.3) is 29.1 Å². The van der Waals surface area contributed by atoms with Gasteiger partial charge in [-0.15, -0.1) is 28.2 Å². The Balaban J connectivity index is 0.00000400. The molecule has 3 aliphatic rings. The Kier molecular flexibility index (Phi) is 8.85. The molecule has 1 saturated heterocycles. The van der Waals surface area contributed by atoms with E-state index in [0.717, 1.165) is 62.0 Å². The zero-order valence-electron chi connectivity index (χ0n) is 26.7. The predicted octanol–water partition coefficient (Wildman–Crippen LogP) is 3.09. The molecular formula is C35H36MgN4O5-2. The van der Waals surface area contributed by atoms with Gasteiger partial charge >= 0.3 is 35.0 Å². The van der Waals surface area contributed by atoms with Gasteiger partial charge in [0, 0.05) is 12.0 Å². The van der Waals surface area contributed by atoms with Crippen LogP contribution in [0.4, 0.5) is 0 Å². The fraction of sp³-hybridized carbons (Fsp3) is 0.400. The number of fused-ring (bicyclic) bond motifs is 7. The van der Waals surface area contributed by atoms with Crippen molar-refractivity contribution in [3.63, 3.8) is 0 Å². The Morgan fingerprint density at radius 1 is 1.09 bits per heavy atom.